The Hall–Kier alpha value is -0.490. The number of carbonyl (C=O) groups excluding carboxylic acids is 1. The Bertz CT molecular complexity index is 175. The Morgan fingerprint density at radius 1 is 0.824 bits per heavy atom. The Morgan fingerprint density at radius 2 is 1.47 bits per heavy atom. The molecular weight excluding hydrogens is 216 g/mol. The second kappa shape index (κ2) is 10.7. The fraction of sp³-hybridized carbons (Fsp3) is 0.917. The van der Waals surface area contributed by atoms with E-state index in [-0.39, 0.29) is 0 Å². The summed E-state index contributed by atoms with van der Waals surface area (Å²) in [5.41, 5.74) is 0. The molecule has 1 aliphatic rings. The van der Waals surface area contributed by atoms with Crippen molar-refractivity contribution in [2.75, 3.05) is 58.9 Å². The molecule has 0 bridgehead atoms. The van der Waals surface area contributed by atoms with Crippen LogP contribution in [0.3, 0.4) is 0 Å². The summed E-state index contributed by atoms with van der Waals surface area (Å²) >= 11 is 0. The molecule has 5 heteroatoms. The molecule has 0 saturated carbocycles. The second-order valence-corrected chi connectivity index (χ2v) is 4.42. The first-order valence-electron chi connectivity index (χ1n) is 6.71. The first-order valence-corrected chi connectivity index (χ1v) is 6.71. The molecule has 0 aromatic heterocycles. The molecule has 1 rings (SSSR count). The van der Waals surface area contributed by atoms with Gasteiger partial charge in [0.25, 0.3) is 0 Å². The topological polar surface area (TPSA) is 56.4 Å². The lowest BCUT2D eigenvalue weighted by Gasteiger charge is -2.20. The molecule has 1 fully saturated rings. The summed E-state index contributed by atoms with van der Waals surface area (Å²) in [6.07, 6.45) is 3.27. The van der Waals surface area contributed by atoms with Crippen molar-refractivity contribution in [3.05, 3.63) is 0 Å². The van der Waals surface area contributed by atoms with E-state index < -0.39 is 0 Å². The summed E-state index contributed by atoms with van der Waals surface area (Å²) in [4.78, 5) is 12.8. The molecule has 0 aromatic carbocycles. The Morgan fingerprint density at radius 3 is 2.18 bits per heavy atom. The maximum atomic E-state index is 10.6. The minimum absolute atomic E-state index is 0.559. The number of carbonyl (C=O) groups is 1. The zero-order chi connectivity index (χ0) is 12.2. The number of rotatable bonds is 2. The average molecular weight is 242 g/mol. The van der Waals surface area contributed by atoms with Gasteiger partial charge in [-0.25, -0.2) is 0 Å². The normalized spacial score (nSPS) is 22.8. The van der Waals surface area contributed by atoms with Gasteiger partial charge >= 0.3 is 0 Å². The van der Waals surface area contributed by atoms with Gasteiger partial charge in [-0.3, -0.25) is 4.90 Å². The van der Waals surface area contributed by atoms with Crippen molar-refractivity contribution in [2.24, 2.45) is 0 Å². The molecule has 0 aromatic rings. The van der Waals surface area contributed by atoms with Gasteiger partial charge in [0.15, 0.2) is 0 Å². The summed E-state index contributed by atoms with van der Waals surface area (Å²) < 4.78 is 0. The van der Waals surface area contributed by atoms with Crippen LogP contribution in [-0.2, 0) is 4.79 Å². The molecule has 3 N–H and O–H groups in total. The smallest absolute Gasteiger partial charge is 0.133 e. The molecular formula is C12H26N4O. The van der Waals surface area contributed by atoms with Gasteiger partial charge in [-0.2, -0.15) is 0 Å². The predicted octanol–water partition coefficient (Wildman–Crippen LogP) is -0.950. The highest BCUT2D eigenvalue weighted by molar-refractivity contribution is 5.51. The molecule has 1 saturated heterocycles. The van der Waals surface area contributed by atoms with E-state index in [2.05, 4.69) is 20.9 Å². The van der Waals surface area contributed by atoms with Crippen LogP contribution in [0.2, 0.25) is 0 Å². The highest BCUT2D eigenvalue weighted by Crippen LogP contribution is 1.89. The summed E-state index contributed by atoms with van der Waals surface area (Å²) in [5, 5.41) is 10.2. The van der Waals surface area contributed by atoms with Gasteiger partial charge in [0, 0.05) is 26.2 Å². The predicted molar refractivity (Wildman–Crippen MR) is 70.3 cm³/mol. The molecule has 0 radical (unpaired) electrons. The van der Waals surface area contributed by atoms with Crippen LogP contribution in [0.1, 0.15) is 12.8 Å². The number of nitrogens with one attached hydrogen (secondary N) is 3. The van der Waals surface area contributed by atoms with Gasteiger partial charge in [0.05, 0.1) is 6.54 Å². The van der Waals surface area contributed by atoms with Gasteiger partial charge in [-0.15, -0.1) is 0 Å². The van der Waals surface area contributed by atoms with Crippen molar-refractivity contribution in [2.45, 2.75) is 12.8 Å². The standard InChI is InChI=1S/C12H26N4O/c17-12-11-16-9-2-5-14-7-6-13-3-1-4-15-8-10-16/h12-15H,1-11H2. The minimum atomic E-state index is 0.559. The third-order valence-corrected chi connectivity index (χ3v) is 2.95. The van der Waals surface area contributed by atoms with Gasteiger partial charge in [0.1, 0.15) is 6.29 Å². The molecule has 0 unspecified atom stereocenters. The molecule has 17 heavy (non-hydrogen) atoms. The van der Waals surface area contributed by atoms with E-state index in [0.717, 1.165) is 71.5 Å². The summed E-state index contributed by atoms with van der Waals surface area (Å²) in [5.74, 6) is 0. The maximum absolute atomic E-state index is 10.6. The largest absolute Gasteiger partial charge is 0.315 e. The van der Waals surface area contributed by atoms with E-state index >= 15 is 0 Å². The monoisotopic (exact) mass is 242 g/mol. The van der Waals surface area contributed by atoms with Crippen molar-refractivity contribution in [3.8, 4) is 0 Å². The molecule has 0 amide bonds. The quantitative estimate of drug-likeness (QED) is 0.545. The van der Waals surface area contributed by atoms with Crippen LogP contribution in [0, 0.1) is 0 Å². The van der Waals surface area contributed by atoms with E-state index in [1.807, 2.05) is 0 Å². The fourth-order valence-corrected chi connectivity index (χ4v) is 1.95. The highest BCUT2D eigenvalue weighted by atomic mass is 16.1. The molecule has 0 aliphatic carbocycles. The third-order valence-electron chi connectivity index (χ3n) is 2.95. The Labute approximate surface area is 104 Å². The van der Waals surface area contributed by atoms with E-state index in [1.54, 1.807) is 0 Å². The van der Waals surface area contributed by atoms with Crippen LogP contribution in [0.15, 0.2) is 0 Å². The van der Waals surface area contributed by atoms with Crippen LogP contribution >= 0.6 is 0 Å². The zero-order valence-electron chi connectivity index (χ0n) is 10.7. The first-order chi connectivity index (χ1) is 8.43. The summed E-state index contributed by atoms with van der Waals surface area (Å²) in [7, 11) is 0. The number of hydrogen-bond donors (Lipinski definition) is 3. The molecule has 1 aliphatic heterocycles. The van der Waals surface area contributed by atoms with Crippen molar-refractivity contribution >= 4 is 6.29 Å². The molecule has 0 spiro atoms. The van der Waals surface area contributed by atoms with Crippen molar-refractivity contribution in [3.63, 3.8) is 0 Å². The molecule has 100 valence electrons. The number of hydrogen-bond acceptors (Lipinski definition) is 5. The van der Waals surface area contributed by atoms with Gasteiger partial charge in [0.2, 0.25) is 0 Å². The second-order valence-electron chi connectivity index (χ2n) is 4.42. The van der Waals surface area contributed by atoms with E-state index in [0.29, 0.717) is 6.54 Å². The van der Waals surface area contributed by atoms with E-state index in [1.165, 1.54) is 0 Å². The third kappa shape index (κ3) is 8.26. The lowest BCUT2D eigenvalue weighted by atomic mass is 10.3. The maximum Gasteiger partial charge on any atom is 0.133 e. The van der Waals surface area contributed by atoms with Crippen molar-refractivity contribution in [1.29, 1.82) is 0 Å². The van der Waals surface area contributed by atoms with Gasteiger partial charge in [-0.1, -0.05) is 0 Å². The van der Waals surface area contributed by atoms with Crippen molar-refractivity contribution in [1.82, 2.24) is 20.9 Å². The van der Waals surface area contributed by atoms with Gasteiger partial charge < -0.3 is 20.7 Å². The highest BCUT2D eigenvalue weighted by Gasteiger charge is 2.03. The summed E-state index contributed by atoms with van der Waals surface area (Å²) in [6, 6.07) is 0. The molecule has 1 heterocycles. The molecule has 0 atom stereocenters. The van der Waals surface area contributed by atoms with Crippen LogP contribution in [-0.4, -0.2) is 70.1 Å². The number of aldehydes is 1. The summed E-state index contributed by atoms with van der Waals surface area (Å²) in [6.45, 7) is 8.73. The van der Waals surface area contributed by atoms with Crippen LogP contribution in [0.4, 0.5) is 0 Å². The van der Waals surface area contributed by atoms with Crippen LogP contribution < -0.4 is 16.0 Å². The SMILES string of the molecule is O=CCN1CCCNCCNCCCNCC1. The van der Waals surface area contributed by atoms with Crippen LogP contribution in [0.25, 0.3) is 0 Å². The Balaban J connectivity index is 2.21. The lowest BCUT2D eigenvalue weighted by molar-refractivity contribution is -0.108. The van der Waals surface area contributed by atoms with E-state index in [9.17, 15) is 4.79 Å². The Kier molecular flexibility index (Phi) is 9.13. The average Bonchev–Trinajstić information content (AvgIpc) is 2.34. The minimum Gasteiger partial charge on any atom is -0.315 e. The molecule has 5 nitrogen and oxygen atoms in total. The van der Waals surface area contributed by atoms with Gasteiger partial charge in [-0.05, 0) is 39.0 Å². The number of nitrogens with zero attached hydrogens (tertiary/aromatic N) is 1. The lowest BCUT2D eigenvalue weighted by Crippen LogP contribution is -2.37. The van der Waals surface area contributed by atoms with E-state index in [4.69, 9.17) is 0 Å². The zero-order valence-corrected chi connectivity index (χ0v) is 10.7. The first kappa shape index (κ1) is 14.6. The van der Waals surface area contributed by atoms with Crippen LogP contribution in [0.5, 0.6) is 0 Å². The fourth-order valence-electron chi connectivity index (χ4n) is 1.95. The van der Waals surface area contributed by atoms with Crippen molar-refractivity contribution < 1.29 is 4.79 Å².